The van der Waals surface area contributed by atoms with Crippen LogP contribution in [-0.4, -0.2) is 15.7 Å². The molecule has 0 saturated carbocycles. The predicted molar refractivity (Wildman–Crippen MR) is 98.1 cm³/mol. The molecule has 1 amide bonds. The largest absolute Gasteiger partial charge is 0.484 e. The van der Waals surface area contributed by atoms with Gasteiger partial charge in [-0.2, -0.15) is 5.10 Å². The van der Waals surface area contributed by atoms with E-state index in [2.05, 4.69) is 26.3 Å². The number of hydrogen-bond donors (Lipinski definition) is 1. The first-order chi connectivity index (χ1) is 11.9. The number of anilines is 1. The second-order valence-electron chi connectivity index (χ2n) is 5.39. The molecule has 6 nitrogen and oxygen atoms in total. The number of rotatable bonds is 5. The topological polar surface area (TPSA) is 69.3 Å². The van der Waals surface area contributed by atoms with Crippen LogP contribution in [0.15, 0.2) is 45.4 Å². The van der Waals surface area contributed by atoms with E-state index in [0.29, 0.717) is 22.2 Å². The molecule has 0 atom stereocenters. The average Bonchev–Trinajstić information content (AvgIpc) is 3.13. The smallest absolute Gasteiger partial charge is 0.291 e. The van der Waals surface area contributed by atoms with Gasteiger partial charge in [0.2, 0.25) is 0 Å². The Bertz CT molecular complexity index is 920. The third-order valence-electron chi connectivity index (χ3n) is 3.41. The number of halogens is 2. The van der Waals surface area contributed by atoms with Gasteiger partial charge in [-0.25, -0.2) is 0 Å². The van der Waals surface area contributed by atoms with E-state index in [1.807, 2.05) is 13.0 Å². The van der Waals surface area contributed by atoms with Crippen LogP contribution in [0, 0.1) is 6.92 Å². The van der Waals surface area contributed by atoms with Gasteiger partial charge in [0.25, 0.3) is 5.91 Å². The quantitative estimate of drug-likeness (QED) is 0.651. The normalized spacial score (nSPS) is 10.7. The number of benzene rings is 1. The lowest BCUT2D eigenvalue weighted by Crippen LogP contribution is -2.11. The van der Waals surface area contributed by atoms with Crippen LogP contribution >= 0.6 is 27.5 Å². The molecule has 0 aliphatic heterocycles. The van der Waals surface area contributed by atoms with Crippen molar-refractivity contribution in [1.29, 1.82) is 0 Å². The maximum atomic E-state index is 12.2. The Kier molecular flexibility index (Phi) is 5.15. The Morgan fingerprint density at radius 2 is 2.20 bits per heavy atom. The Labute approximate surface area is 157 Å². The molecule has 0 radical (unpaired) electrons. The monoisotopic (exact) mass is 423 g/mol. The standard InChI is InChI=1S/C17H15BrClN3O3/c1-10-14(8-22(2)21-10)20-17(23)16-6-4-12(25-16)9-24-15-5-3-11(18)7-13(15)19/h3-8H,9H2,1-2H3,(H,20,23). The second-order valence-corrected chi connectivity index (χ2v) is 6.71. The van der Waals surface area contributed by atoms with Gasteiger partial charge < -0.3 is 14.5 Å². The van der Waals surface area contributed by atoms with Crippen LogP contribution in [0.2, 0.25) is 5.02 Å². The summed E-state index contributed by atoms with van der Waals surface area (Å²) in [5.41, 5.74) is 1.37. The van der Waals surface area contributed by atoms with Crippen molar-refractivity contribution in [2.45, 2.75) is 13.5 Å². The van der Waals surface area contributed by atoms with Gasteiger partial charge in [-0.15, -0.1) is 0 Å². The van der Waals surface area contributed by atoms with E-state index < -0.39 is 0 Å². The van der Waals surface area contributed by atoms with Gasteiger partial charge in [0.1, 0.15) is 18.1 Å². The molecule has 2 aromatic heterocycles. The minimum absolute atomic E-state index is 0.167. The molecule has 0 aliphatic rings. The van der Waals surface area contributed by atoms with E-state index in [1.54, 1.807) is 42.2 Å². The van der Waals surface area contributed by atoms with Gasteiger partial charge in [0.15, 0.2) is 5.76 Å². The van der Waals surface area contributed by atoms with Crippen molar-refractivity contribution >= 4 is 39.1 Å². The van der Waals surface area contributed by atoms with Gasteiger partial charge in [-0.3, -0.25) is 9.48 Å². The van der Waals surface area contributed by atoms with Crippen molar-refractivity contribution in [2.75, 3.05) is 5.32 Å². The molecule has 25 heavy (non-hydrogen) atoms. The van der Waals surface area contributed by atoms with E-state index in [0.717, 1.165) is 10.2 Å². The molecule has 0 bridgehead atoms. The van der Waals surface area contributed by atoms with Crippen LogP contribution < -0.4 is 10.1 Å². The zero-order valence-corrected chi connectivity index (χ0v) is 15.9. The highest BCUT2D eigenvalue weighted by atomic mass is 79.9. The number of furan rings is 1. The number of amides is 1. The molecular weight excluding hydrogens is 410 g/mol. The molecule has 0 saturated heterocycles. The summed E-state index contributed by atoms with van der Waals surface area (Å²) in [4.78, 5) is 12.2. The maximum absolute atomic E-state index is 12.2. The van der Waals surface area contributed by atoms with Crippen LogP contribution in [-0.2, 0) is 13.7 Å². The Hall–Kier alpha value is -2.25. The molecule has 1 N–H and O–H groups in total. The van der Waals surface area contributed by atoms with Crippen LogP contribution in [0.25, 0.3) is 0 Å². The molecule has 0 spiro atoms. The first-order valence-corrected chi connectivity index (χ1v) is 8.57. The first kappa shape index (κ1) is 17.6. The number of nitrogens with one attached hydrogen (secondary N) is 1. The fourth-order valence-corrected chi connectivity index (χ4v) is 2.95. The zero-order valence-electron chi connectivity index (χ0n) is 13.5. The van der Waals surface area contributed by atoms with Crippen molar-refractivity contribution in [3.05, 3.63) is 63.2 Å². The van der Waals surface area contributed by atoms with Gasteiger partial charge >= 0.3 is 0 Å². The average molecular weight is 425 g/mol. The number of carbonyl (C=O) groups is 1. The second kappa shape index (κ2) is 7.33. The van der Waals surface area contributed by atoms with E-state index in [9.17, 15) is 4.79 Å². The number of aryl methyl sites for hydroxylation is 2. The minimum atomic E-state index is -0.343. The predicted octanol–water partition coefficient (Wildman–Crippen LogP) is 4.57. The Morgan fingerprint density at radius 1 is 1.40 bits per heavy atom. The molecule has 0 aliphatic carbocycles. The molecule has 130 valence electrons. The van der Waals surface area contributed by atoms with Gasteiger partial charge in [-0.1, -0.05) is 27.5 Å². The van der Waals surface area contributed by atoms with Crippen molar-refractivity contribution in [3.8, 4) is 5.75 Å². The first-order valence-electron chi connectivity index (χ1n) is 7.40. The molecule has 1 aromatic carbocycles. The number of hydrogen-bond acceptors (Lipinski definition) is 4. The molecule has 8 heteroatoms. The van der Waals surface area contributed by atoms with Gasteiger partial charge in [0.05, 0.1) is 16.4 Å². The number of aromatic nitrogens is 2. The SMILES string of the molecule is Cc1nn(C)cc1NC(=O)c1ccc(COc2ccc(Br)cc2Cl)o1. The van der Waals surface area contributed by atoms with E-state index >= 15 is 0 Å². The highest BCUT2D eigenvalue weighted by molar-refractivity contribution is 9.10. The third kappa shape index (κ3) is 4.24. The summed E-state index contributed by atoms with van der Waals surface area (Å²) in [6, 6.07) is 8.63. The van der Waals surface area contributed by atoms with Crippen LogP contribution in [0.3, 0.4) is 0 Å². The minimum Gasteiger partial charge on any atom is -0.484 e. The maximum Gasteiger partial charge on any atom is 0.291 e. The zero-order chi connectivity index (χ0) is 18.0. The summed E-state index contributed by atoms with van der Waals surface area (Å²) in [7, 11) is 1.79. The summed E-state index contributed by atoms with van der Waals surface area (Å²) in [5.74, 6) is 0.915. The molecule has 3 rings (SSSR count). The van der Waals surface area contributed by atoms with Crippen molar-refractivity contribution in [1.82, 2.24) is 9.78 Å². The van der Waals surface area contributed by atoms with Crippen LogP contribution in [0.1, 0.15) is 22.0 Å². The summed E-state index contributed by atoms with van der Waals surface area (Å²) in [5, 5.41) is 7.43. The number of nitrogens with zero attached hydrogens (tertiary/aromatic N) is 2. The van der Waals surface area contributed by atoms with E-state index in [4.69, 9.17) is 20.8 Å². The highest BCUT2D eigenvalue weighted by Gasteiger charge is 2.14. The fraction of sp³-hybridized carbons (Fsp3) is 0.176. The van der Waals surface area contributed by atoms with Crippen LogP contribution in [0.5, 0.6) is 5.75 Å². The lowest BCUT2D eigenvalue weighted by Gasteiger charge is -2.06. The lowest BCUT2D eigenvalue weighted by atomic mass is 10.3. The number of carbonyl (C=O) groups excluding carboxylic acids is 1. The van der Waals surface area contributed by atoms with Crippen molar-refractivity contribution < 1.29 is 13.9 Å². The Balaban J connectivity index is 1.63. The fourth-order valence-electron chi connectivity index (χ4n) is 2.22. The van der Waals surface area contributed by atoms with Crippen molar-refractivity contribution in [3.63, 3.8) is 0 Å². The summed E-state index contributed by atoms with van der Waals surface area (Å²) in [6.45, 7) is 1.99. The number of ether oxygens (including phenoxy) is 1. The summed E-state index contributed by atoms with van der Waals surface area (Å²) >= 11 is 9.44. The van der Waals surface area contributed by atoms with E-state index in [1.165, 1.54) is 0 Å². The molecule has 3 aromatic rings. The summed E-state index contributed by atoms with van der Waals surface area (Å²) in [6.07, 6.45) is 1.73. The van der Waals surface area contributed by atoms with Gasteiger partial charge in [0, 0.05) is 17.7 Å². The Morgan fingerprint density at radius 3 is 2.88 bits per heavy atom. The molecule has 0 unspecified atom stereocenters. The lowest BCUT2D eigenvalue weighted by molar-refractivity contribution is 0.0992. The van der Waals surface area contributed by atoms with Gasteiger partial charge in [-0.05, 0) is 37.3 Å². The van der Waals surface area contributed by atoms with E-state index in [-0.39, 0.29) is 18.3 Å². The van der Waals surface area contributed by atoms with Crippen molar-refractivity contribution in [2.24, 2.45) is 7.05 Å². The highest BCUT2D eigenvalue weighted by Crippen LogP contribution is 2.28. The third-order valence-corrected chi connectivity index (χ3v) is 4.20. The summed E-state index contributed by atoms with van der Waals surface area (Å²) < 4.78 is 13.7. The molecule has 2 heterocycles. The molecular formula is C17H15BrClN3O3. The van der Waals surface area contributed by atoms with Crippen LogP contribution in [0.4, 0.5) is 5.69 Å². The molecule has 0 fully saturated rings.